The first-order valence-electron chi connectivity index (χ1n) is 7.42. The average Bonchev–Trinajstić information content (AvgIpc) is 2.90. The third kappa shape index (κ3) is 3.18. The number of anilines is 1. The number of oxazole rings is 1. The summed E-state index contributed by atoms with van der Waals surface area (Å²) < 4.78 is 6.05. The summed E-state index contributed by atoms with van der Waals surface area (Å²) in [5.74, 6) is -3.25. The van der Waals surface area contributed by atoms with Crippen molar-refractivity contribution >= 4 is 34.6 Å². The van der Waals surface area contributed by atoms with E-state index in [4.69, 9.17) is 15.3 Å². The summed E-state index contributed by atoms with van der Waals surface area (Å²) in [7, 11) is 0. The maximum atomic E-state index is 12.3. The molecule has 9 heteroatoms. The second-order valence-corrected chi connectivity index (χ2v) is 5.40. The minimum atomic E-state index is -1.16. The first-order valence-corrected chi connectivity index (χ1v) is 7.42. The summed E-state index contributed by atoms with van der Waals surface area (Å²) in [6, 6.07) is 10.1. The van der Waals surface area contributed by atoms with Crippen molar-refractivity contribution in [1.29, 1.82) is 0 Å². The molecule has 0 saturated heterocycles. The van der Waals surface area contributed by atoms with Gasteiger partial charge in [0.25, 0.3) is 5.91 Å². The molecule has 0 radical (unpaired) electrons. The first-order chi connectivity index (χ1) is 12.4. The molecule has 4 N–H and O–H groups in total. The van der Waals surface area contributed by atoms with Gasteiger partial charge in [-0.2, -0.15) is 0 Å². The van der Waals surface area contributed by atoms with Gasteiger partial charge in [0.15, 0.2) is 5.58 Å². The Hall–Kier alpha value is -3.88. The molecular weight excluding hydrogens is 342 g/mol. The molecule has 26 heavy (non-hydrogen) atoms. The molecule has 0 aliphatic rings. The van der Waals surface area contributed by atoms with Crippen molar-refractivity contribution in [1.82, 2.24) is 4.57 Å². The summed E-state index contributed by atoms with van der Waals surface area (Å²) in [5, 5.41) is 11.5. The van der Waals surface area contributed by atoms with E-state index >= 15 is 0 Å². The van der Waals surface area contributed by atoms with Crippen molar-refractivity contribution in [3.05, 3.63) is 64.1 Å². The molecule has 0 bridgehead atoms. The van der Waals surface area contributed by atoms with Gasteiger partial charge in [-0.1, -0.05) is 12.1 Å². The molecule has 132 valence electrons. The van der Waals surface area contributed by atoms with Crippen LogP contribution in [0.1, 0.15) is 20.7 Å². The van der Waals surface area contributed by atoms with E-state index in [0.29, 0.717) is 0 Å². The second kappa shape index (κ2) is 6.55. The number of hydrogen-bond acceptors (Lipinski definition) is 5. The molecule has 3 rings (SSSR count). The zero-order chi connectivity index (χ0) is 18.8. The molecule has 3 aromatic rings. The van der Waals surface area contributed by atoms with Crippen LogP contribution in [0.15, 0.2) is 51.7 Å². The third-order valence-corrected chi connectivity index (χ3v) is 3.68. The molecule has 0 atom stereocenters. The summed E-state index contributed by atoms with van der Waals surface area (Å²) >= 11 is 0. The Morgan fingerprint density at radius 2 is 1.88 bits per heavy atom. The molecule has 0 saturated carbocycles. The monoisotopic (exact) mass is 355 g/mol. The predicted molar refractivity (Wildman–Crippen MR) is 91.0 cm³/mol. The summed E-state index contributed by atoms with van der Waals surface area (Å²) in [4.78, 5) is 46.6. The topological polar surface area (TPSA) is 145 Å². The van der Waals surface area contributed by atoms with E-state index < -0.39 is 23.5 Å². The summed E-state index contributed by atoms with van der Waals surface area (Å²) in [6.07, 6.45) is 0. The number of fused-ring (bicyclic) bond motifs is 1. The van der Waals surface area contributed by atoms with Gasteiger partial charge in [0.2, 0.25) is 5.91 Å². The van der Waals surface area contributed by atoms with Crippen molar-refractivity contribution in [3.8, 4) is 0 Å². The van der Waals surface area contributed by atoms with E-state index in [2.05, 4.69) is 5.32 Å². The molecule has 0 spiro atoms. The highest BCUT2D eigenvalue weighted by molar-refractivity contribution is 6.03. The number of para-hydroxylation sites is 1. The molecule has 1 heterocycles. The van der Waals surface area contributed by atoms with E-state index in [1.165, 1.54) is 30.3 Å². The Morgan fingerprint density at radius 3 is 2.58 bits per heavy atom. The Balaban J connectivity index is 1.88. The number of amides is 2. The lowest BCUT2D eigenvalue weighted by Crippen LogP contribution is -2.26. The zero-order valence-corrected chi connectivity index (χ0v) is 13.3. The number of carbonyl (C=O) groups excluding carboxylic acids is 2. The number of carboxylic acids is 1. The summed E-state index contributed by atoms with van der Waals surface area (Å²) in [6.45, 7) is -0.384. The SMILES string of the molecule is NC(=O)c1ccccc1NC(=O)Cn1c(=O)oc2cc(C(=O)O)ccc21. The van der Waals surface area contributed by atoms with Crippen LogP contribution in [0, 0.1) is 0 Å². The van der Waals surface area contributed by atoms with Gasteiger partial charge in [-0.3, -0.25) is 14.2 Å². The van der Waals surface area contributed by atoms with Crippen molar-refractivity contribution in [2.75, 3.05) is 5.32 Å². The lowest BCUT2D eigenvalue weighted by Gasteiger charge is -2.09. The molecule has 9 nitrogen and oxygen atoms in total. The second-order valence-electron chi connectivity index (χ2n) is 5.40. The molecule has 2 aromatic carbocycles. The van der Waals surface area contributed by atoms with Crippen LogP contribution < -0.4 is 16.8 Å². The standard InChI is InChI=1S/C17H13N3O6/c18-15(22)10-3-1-2-4-11(10)19-14(21)8-20-12-6-5-9(16(23)24)7-13(12)26-17(20)25/h1-7H,8H2,(H2,18,22)(H,19,21)(H,23,24). The number of carbonyl (C=O) groups is 3. The molecule has 1 aromatic heterocycles. The highest BCUT2D eigenvalue weighted by atomic mass is 16.4. The fraction of sp³-hybridized carbons (Fsp3) is 0.0588. The number of aromatic nitrogens is 1. The van der Waals surface area contributed by atoms with E-state index in [1.807, 2.05) is 0 Å². The van der Waals surface area contributed by atoms with Crippen molar-refractivity contribution < 1.29 is 23.9 Å². The first kappa shape index (κ1) is 17.0. The number of nitrogens with two attached hydrogens (primary N) is 1. The van der Waals surface area contributed by atoms with Crippen LogP contribution in [-0.2, 0) is 11.3 Å². The molecule has 0 unspecified atom stereocenters. The van der Waals surface area contributed by atoms with Crippen LogP contribution in [0.3, 0.4) is 0 Å². The highest BCUT2D eigenvalue weighted by Crippen LogP contribution is 2.17. The van der Waals surface area contributed by atoms with Crippen molar-refractivity contribution in [2.24, 2.45) is 5.73 Å². The Labute approximate surface area is 145 Å². The van der Waals surface area contributed by atoms with E-state index in [0.717, 1.165) is 4.57 Å². The van der Waals surface area contributed by atoms with E-state index in [9.17, 15) is 19.2 Å². The van der Waals surface area contributed by atoms with Gasteiger partial charge in [0, 0.05) is 0 Å². The minimum Gasteiger partial charge on any atom is -0.478 e. The smallest absolute Gasteiger partial charge is 0.420 e. The fourth-order valence-corrected chi connectivity index (χ4v) is 2.49. The number of hydrogen-bond donors (Lipinski definition) is 3. The maximum absolute atomic E-state index is 12.3. The largest absolute Gasteiger partial charge is 0.478 e. The van der Waals surface area contributed by atoms with Crippen molar-refractivity contribution in [3.63, 3.8) is 0 Å². The average molecular weight is 355 g/mol. The maximum Gasteiger partial charge on any atom is 0.420 e. The third-order valence-electron chi connectivity index (χ3n) is 3.68. The molecule has 0 aliphatic heterocycles. The minimum absolute atomic E-state index is 0.0433. The Bertz CT molecular complexity index is 1100. The lowest BCUT2D eigenvalue weighted by atomic mass is 10.1. The Kier molecular flexibility index (Phi) is 4.27. The predicted octanol–water partition coefficient (Wildman–Crippen LogP) is 1.03. The Morgan fingerprint density at radius 1 is 1.15 bits per heavy atom. The number of benzene rings is 2. The van der Waals surface area contributed by atoms with E-state index in [1.54, 1.807) is 12.1 Å². The number of primary amides is 1. The van der Waals surface area contributed by atoms with Gasteiger partial charge in [0.05, 0.1) is 22.3 Å². The number of nitrogens with one attached hydrogen (secondary N) is 1. The van der Waals surface area contributed by atoms with Crippen LogP contribution in [0.5, 0.6) is 0 Å². The molecule has 0 aliphatic carbocycles. The van der Waals surface area contributed by atoms with Gasteiger partial charge in [-0.15, -0.1) is 0 Å². The van der Waals surface area contributed by atoms with Crippen LogP contribution in [0.2, 0.25) is 0 Å². The highest BCUT2D eigenvalue weighted by Gasteiger charge is 2.16. The molecule has 0 fully saturated rings. The van der Waals surface area contributed by atoms with E-state index in [-0.39, 0.29) is 34.5 Å². The van der Waals surface area contributed by atoms with Crippen molar-refractivity contribution in [2.45, 2.75) is 6.54 Å². The molecule has 2 amide bonds. The van der Waals surface area contributed by atoms with Gasteiger partial charge in [-0.05, 0) is 30.3 Å². The van der Waals surface area contributed by atoms with Crippen LogP contribution in [-0.4, -0.2) is 27.5 Å². The molecular formula is C17H13N3O6. The number of carboxylic acid groups (broad SMARTS) is 1. The van der Waals surface area contributed by atoms with Gasteiger partial charge < -0.3 is 20.6 Å². The van der Waals surface area contributed by atoms with Gasteiger partial charge in [-0.25, -0.2) is 9.59 Å². The van der Waals surface area contributed by atoms with Gasteiger partial charge in [0.1, 0.15) is 6.54 Å². The number of nitrogens with zero attached hydrogens (tertiary/aromatic N) is 1. The van der Waals surface area contributed by atoms with Crippen LogP contribution in [0.4, 0.5) is 5.69 Å². The normalized spacial score (nSPS) is 10.6. The summed E-state index contributed by atoms with van der Waals surface area (Å²) in [5.41, 5.74) is 5.90. The fourth-order valence-electron chi connectivity index (χ4n) is 2.49. The van der Waals surface area contributed by atoms with Gasteiger partial charge >= 0.3 is 11.7 Å². The number of aromatic carboxylic acids is 1. The zero-order valence-electron chi connectivity index (χ0n) is 13.3. The quantitative estimate of drug-likeness (QED) is 0.623. The van der Waals surface area contributed by atoms with Crippen LogP contribution in [0.25, 0.3) is 11.1 Å². The lowest BCUT2D eigenvalue weighted by molar-refractivity contribution is -0.116. The van der Waals surface area contributed by atoms with Crippen LogP contribution >= 0.6 is 0 Å². The number of rotatable bonds is 5.